The molecule has 0 aliphatic carbocycles. The molecule has 1 heterocycles. The molecule has 0 saturated heterocycles. The highest BCUT2D eigenvalue weighted by atomic mass is 32.2. The van der Waals surface area contributed by atoms with Gasteiger partial charge in [-0.15, -0.1) is 11.3 Å². The molecule has 12 heavy (non-hydrogen) atoms. The zero-order valence-electron chi connectivity index (χ0n) is 6.27. The first-order chi connectivity index (χ1) is 5.41. The Morgan fingerprint density at radius 1 is 1.58 bits per heavy atom. The van der Waals surface area contributed by atoms with Gasteiger partial charge in [0.1, 0.15) is 0 Å². The standard InChI is InChI=1S/C6H7NO3S2/c1-12(9,10)4-2-5(6(7)8)11-3-4/h2-3H,1H3,(H2,7,8). The maximum absolute atomic E-state index is 10.9. The molecule has 1 rings (SSSR count). The van der Waals surface area contributed by atoms with Gasteiger partial charge >= 0.3 is 0 Å². The highest BCUT2D eigenvalue weighted by Crippen LogP contribution is 2.18. The monoisotopic (exact) mass is 205 g/mol. The first-order valence-electron chi connectivity index (χ1n) is 2.99. The van der Waals surface area contributed by atoms with Crippen LogP contribution in [0, 0.1) is 0 Å². The van der Waals surface area contributed by atoms with E-state index in [-0.39, 0.29) is 9.77 Å². The molecule has 2 N–H and O–H groups in total. The van der Waals surface area contributed by atoms with Crippen molar-refractivity contribution in [2.75, 3.05) is 6.26 Å². The van der Waals surface area contributed by atoms with Gasteiger partial charge in [0.2, 0.25) is 0 Å². The molecule has 0 aliphatic rings. The minimum atomic E-state index is -3.21. The van der Waals surface area contributed by atoms with Crippen LogP contribution in [-0.2, 0) is 9.84 Å². The van der Waals surface area contributed by atoms with E-state index in [1.165, 1.54) is 11.4 Å². The average molecular weight is 205 g/mol. The van der Waals surface area contributed by atoms with Crippen molar-refractivity contribution < 1.29 is 13.2 Å². The van der Waals surface area contributed by atoms with E-state index in [2.05, 4.69) is 0 Å². The average Bonchev–Trinajstić information content (AvgIpc) is 2.30. The van der Waals surface area contributed by atoms with Crippen molar-refractivity contribution in [3.63, 3.8) is 0 Å². The summed E-state index contributed by atoms with van der Waals surface area (Å²) in [6.45, 7) is 0. The Kier molecular flexibility index (Phi) is 2.20. The van der Waals surface area contributed by atoms with E-state index in [1.807, 2.05) is 0 Å². The molecule has 0 fully saturated rings. The zero-order chi connectivity index (χ0) is 9.35. The van der Waals surface area contributed by atoms with E-state index >= 15 is 0 Å². The Balaban J connectivity index is 3.17. The van der Waals surface area contributed by atoms with Crippen LogP contribution in [0.5, 0.6) is 0 Å². The Bertz CT molecular complexity index is 404. The number of nitrogens with two attached hydrogens (primary N) is 1. The third-order valence-corrected chi connectivity index (χ3v) is 3.43. The van der Waals surface area contributed by atoms with E-state index < -0.39 is 15.7 Å². The second-order valence-electron chi connectivity index (χ2n) is 2.28. The molecule has 1 aromatic heterocycles. The van der Waals surface area contributed by atoms with Crippen molar-refractivity contribution >= 4 is 27.1 Å². The van der Waals surface area contributed by atoms with Gasteiger partial charge in [0, 0.05) is 11.6 Å². The number of amides is 1. The summed E-state index contributed by atoms with van der Waals surface area (Å²) in [7, 11) is -3.21. The maximum Gasteiger partial charge on any atom is 0.258 e. The number of thiophene rings is 1. The van der Waals surface area contributed by atoms with Gasteiger partial charge in [-0.3, -0.25) is 4.79 Å². The largest absolute Gasteiger partial charge is 0.365 e. The fourth-order valence-corrected chi connectivity index (χ4v) is 2.51. The van der Waals surface area contributed by atoms with Crippen LogP contribution in [0.3, 0.4) is 0 Å². The smallest absolute Gasteiger partial charge is 0.258 e. The third-order valence-electron chi connectivity index (χ3n) is 1.25. The number of hydrogen-bond donors (Lipinski definition) is 1. The summed E-state index contributed by atoms with van der Waals surface area (Å²) in [5.41, 5.74) is 4.95. The highest BCUT2D eigenvalue weighted by molar-refractivity contribution is 7.90. The summed E-state index contributed by atoms with van der Waals surface area (Å²) >= 11 is 1.03. The van der Waals surface area contributed by atoms with Crippen molar-refractivity contribution in [3.05, 3.63) is 16.3 Å². The molecule has 6 heteroatoms. The molecular formula is C6H7NO3S2. The topological polar surface area (TPSA) is 77.2 Å². The predicted molar refractivity (Wildman–Crippen MR) is 45.9 cm³/mol. The van der Waals surface area contributed by atoms with Crippen molar-refractivity contribution in [1.82, 2.24) is 0 Å². The van der Waals surface area contributed by atoms with Crippen LogP contribution < -0.4 is 5.73 Å². The van der Waals surface area contributed by atoms with E-state index in [0.717, 1.165) is 17.6 Å². The number of rotatable bonds is 2. The lowest BCUT2D eigenvalue weighted by atomic mass is 10.5. The molecule has 1 aromatic rings. The van der Waals surface area contributed by atoms with Gasteiger partial charge in [-0.1, -0.05) is 0 Å². The second-order valence-corrected chi connectivity index (χ2v) is 5.21. The van der Waals surface area contributed by atoms with Crippen molar-refractivity contribution in [1.29, 1.82) is 0 Å². The lowest BCUT2D eigenvalue weighted by Gasteiger charge is -1.88. The highest BCUT2D eigenvalue weighted by Gasteiger charge is 2.12. The number of primary amides is 1. The van der Waals surface area contributed by atoms with Gasteiger partial charge in [-0.25, -0.2) is 8.42 Å². The normalized spacial score (nSPS) is 11.4. The van der Waals surface area contributed by atoms with E-state index in [0.29, 0.717) is 0 Å². The molecule has 0 unspecified atom stereocenters. The Morgan fingerprint density at radius 3 is 2.42 bits per heavy atom. The molecule has 0 radical (unpaired) electrons. The van der Waals surface area contributed by atoms with Crippen LogP contribution in [0.4, 0.5) is 0 Å². The Labute approximate surface area is 73.9 Å². The SMILES string of the molecule is CS(=O)(=O)c1csc(C(N)=O)c1. The van der Waals surface area contributed by atoms with Crippen LogP contribution in [-0.4, -0.2) is 20.6 Å². The Morgan fingerprint density at radius 2 is 2.17 bits per heavy atom. The molecule has 4 nitrogen and oxygen atoms in total. The van der Waals surface area contributed by atoms with Gasteiger partial charge < -0.3 is 5.73 Å². The van der Waals surface area contributed by atoms with Gasteiger partial charge in [0.25, 0.3) is 5.91 Å². The molecular weight excluding hydrogens is 198 g/mol. The predicted octanol–water partition coefficient (Wildman–Crippen LogP) is 0.251. The van der Waals surface area contributed by atoms with Gasteiger partial charge in [-0.05, 0) is 6.07 Å². The maximum atomic E-state index is 10.9. The first kappa shape index (κ1) is 9.21. The number of hydrogen-bond acceptors (Lipinski definition) is 4. The quantitative estimate of drug-likeness (QED) is 0.751. The molecule has 0 bridgehead atoms. The van der Waals surface area contributed by atoms with Crippen LogP contribution in [0.2, 0.25) is 0 Å². The van der Waals surface area contributed by atoms with Gasteiger partial charge in [0.15, 0.2) is 9.84 Å². The van der Waals surface area contributed by atoms with Gasteiger partial charge in [0.05, 0.1) is 9.77 Å². The molecule has 0 aromatic carbocycles. The molecule has 0 spiro atoms. The lowest BCUT2D eigenvalue weighted by Crippen LogP contribution is -2.08. The summed E-state index contributed by atoms with van der Waals surface area (Å²) in [5, 5.41) is 1.40. The van der Waals surface area contributed by atoms with Crippen LogP contribution in [0.25, 0.3) is 0 Å². The van der Waals surface area contributed by atoms with E-state index in [4.69, 9.17) is 5.73 Å². The molecule has 66 valence electrons. The fourth-order valence-electron chi connectivity index (χ4n) is 0.642. The van der Waals surface area contributed by atoms with E-state index in [9.17, 15) is 13.2 Å². The molecule has 1 amide bonds. The number of carbonyl (C=O) groups excluding carboxylic acids is 1. The van der Waals surface area contributed by atoms with Crippen molar-refractivity contribution in [2.24, 2.45) is 5.73 Å². The van der Waals surface area contributed by atoms with Crippen LogP contribution in [0.1, 0.15) is 9.67 Å². The van der Waals surface area contributed by atoms with Gasteiger partial charge in [-0.2, -0.15) is 0 Å². The summed E-state index contributed by atoms with van der Waals surface area (Å²) in [5.74, 6) is -0.602. The van der Waals surface area contributed by atoms with E-state index in [1.54, 1.807) is 0 Å². The Hall–Kier alpha value is -0.880. The summed E-state index contributed by atoms with van der Waals surface area (Å²) in [6, 6.07) is 1.28. The zero-order valence-corrected chi connectivity index (χ0v) is 7.91. The van der Waals surface area contributed by atoms with Crippen molar-refractivity contribution in [3.8, 4) is 0 Å². The minimum absolute atomic E-state index is 0.140. The molecule has 0 aliphatic heterocycles. The number of sulfone groups is 1. The third kappa shape index (κ3) is 1.83. The summed E-state index contributed by atoms with van der Waals surface area (Å²) < 4.78 is 21.8. The minimum Gasteiger partial charge on any atom is -0.365 e. The molecule has 0 saturated carbocycles. The molecule has 0 atom stereocenters. The van der Waals surface area contributed by atoms with Crippen LogP contribution >= 0.6 is 11.3 Å². The summed E-state index contributed by atoms with van der Waals surface area (Å²) in [4.78, 5) is 11.0. The van der Waals surface area contributed by atoms with Crippen LogP contribution in [0.15, 0.2) is 16.3 Å². The second kappa shape index (κ2) is 2.87. The number of carbonyl (C=O) groups is 1. The first-order valence-corrected chi connectivity index (χ1v) is 5.77. The lowest BCUT2D eigenvalue weighted by molar-refractivity contribution is 0.100. The summed E-state index contributed by atoms with van der Waals surface area (Å²) in [6.07, 6.45) is 1.08. The fraction of sp³-hybridized carbons (Fsp3) is 0.167. The van der Waals surface area contributed by atoms with Crippen molar-refractivity contribution in [2.45, 2.75) is 4.90 Å².